The predicted octanol–water partition coefficient (Wildman–Crippen LogP) is 2.26. The van der Waals surface area contributed by atoms with E-state index in [1.54, 1.807) is 13.0 Å². The van der Waals surface area contributed by atoms with E-state index in [2.05, 4.69) is 0 Å². The summed E-state index contributed by atoms with van der Waals surface area (Å²) >= 11 is 0. The average molecular weight is 297 g/mol. The van der Waals surface area contributed by atoms with E-state index in [0.29, 0.717) is 12.1 Å². The molecule has 20 heavy (non-hydrogen) atoms. The second-order valence-corrected chi connectivity index (χ2v) is 7.13. The zero-order valence-electron chi connectivity index (χ0n) is 11.7. The summed E-state index contributed by atoms with van der Waals surface area (Å²) in [6, 6.07) is 4.25. The Hall–Kier alpha value is -1.40. The van der Waals surface area contributed by atoms with Gasteiger partial charge < -0.3 is 5.11 Å². The van der Waals surface area contributed by atoms with Crippen LogP contribution in [-0.2, 0) is 10.0 Å². The Bertz CT molecular complexity index is 624. The van der Waals surface area contributed by atoms with Gasteiger partial charge in [0.15, 0.2) is 0 Å². The lowest BCUT2D eigenvalue weighted by Gasteiger charge is -2.32. The number of carboxylic acid groups (broad SMARTS) is 1. The number of benzene rings is 1. The average Bonchev–Trinajstić information content (AvgIpc) is 2.38. The van der Waals surface area contributed by atoms with Crippen LogP contribution in [0.2, 0.25) is 0 Å². The number of carbonyl (C=O) groups is 1. The first-order valence-corrected chi connectivity index (χ1v) is 8.14. The van der Waals surface area contributed by atoms with Gasteiger partial charge in [-0.2, -0.15) is 4.31 Å². The minimum atomic E-state index is -3.61. The van der Waals surface area contributed by atoms with Gasteiger partial charge in [-0.3, -0.25) is 0 Å². The molecule has 110 valence electrons. The summed E-state index contributed by atoms with van der Waals surface area (Å²) in [7, 11) is -3.61. The van der Waals surface area contributed by atoms with E-state index in [9.17, 15) is 13.2 Å². The van der Waals surface area contributed by atoms with Crippen molar-refractivity contribution in [3.63, 3.8) is 0 Å². The summed E-state index contributed by atoms with van der Waals surface area (Å²) < 4.78 is 26.7. The van der Waals surface area contributed by atoms with E-state index in [0.717, 1.165) is 19.3 Å². The third-order valence-corrected chi connectivity index (χ3v) is 5.80. The van der Waals surface area contributed by atoms with Crippen LogP contribution in [0.25, 0.3) is 0 Å². The first-order valence-electron chi connectivity index (χ1n) is 6.70. The first-order chi connectivity index (χ1) is 9.34. The number of nitrogens with zero attached hydrogens (tertiary/aromatic N) is 1. The SMILES string of the molecule is Cc1ccc(S(=O)(=O)N2CCCCC2C)cc1C(=O)O. The molecule has 1 aliphatic heterocycles. The molecule has 5 nitrogen and oxygen atoms in total. The lowest BCUT2D eigenvalue weighted by molar-refractivity contribution is 0.0696. The Labute approximate surface area is 119 Å². The number of piperidine rings is 1. The molecule has 0 amide bonds. The van der Waals surface area contributed by atoms with Gasteiger partial charge in [0.1, 0.15) is 0 Å². The molecule has 0 aromatic heterocycles. The largest absolute Gasteiger partial charge is 0.478 e. The molecule has 1 fully saturated rings. The summed E-state index contributed by atoms with van der Waals surface area (Å²) in [5, 5.41) is 9.11. The zero-order valence-corrected chi connectivity index (χ0v) is 12.5. The van der Waals surface area contributed by atoms with Crippen molar-refractivity contribution in [2.75, 3.05) is 6.54 Å². The van der Waals surface area contributed by atoms with Gasteiger partial charge in [-0.25, -0.2) is 13.2 Å². The van der Waals surface area contributed by atoms with Crippen molar-refractivity contribution >= 4 is 16.0 Å². The molecule has 0 aliphatic carbocycles. The Morgan fingerprint density at radius 3 is 2.65 bits per heavy atom. The van der Waals surface area contributed by atoms with Crippen LogP contribution < -0.4 is 0 Å². The Balaban J connectivity index is 2.44. The van der Waals surface area contributed by atoms with Crippen LogP contribution in [0.1, 0.15) is 42.1 Å². The molecule has 1 saturated heterocycles. The molecule has 6 heteroatoms. The minimum Gasteiger partial charge on any atom is -0.478 e. The van der Waals surface area contributed by atoms with Gasteiger partial charge in [0.25, 0.3) is 0 Å². The van der Waals surface area contributed by atoms with Crippen molar-refractivity contribution in [3.8, 4) is 0 Å². The van der Waals surface area contributed by atoms with Crippen molar-refractivity contribution in [2.24, 2.45) is 0 Å². The molecule has 1 atom stereocenters. The molecule has 1 N–H and O–H groups in total. The van der Waals surface area contributed by atoms with E-state index < -0.39 is 16.0 Å². The molecule has 1 heterocycles. The second kappa shape index (κ2) is 5.54. The fraction of sp³-hybridized carbons (Fsp3) is 0.500. The molecule has 1 aromatic carbocycles. The predicted molar refractivity (Wildman–Crippen MR) is 75.3 cm³/mol. The number of aromatic carboxylic acids is 1. The maximum Gasteiger partial charge on any atom is 0.335 e. The highest BCUT2D eigenvalue weighted by Crippen LogP contribution is 2.26. The molecule has 1 aromatic rings. The second-order valence-electron chi connectivity index (χ2n) is 5.24. The third kappa shape index (κ3) is 2.71. The van der Waals surface area contributed by atoms with Crippen LogP contribution in [0, 0.1) is 6.92 Å². The highest BCUT2D eigenvalue weighted by molar-refractivity contribution is 7.89. The van der Waals surface area contributed by atoms with Gasteiger partial charge in [0.05, 0.1) is 10.5 Å². The van der Waals surface area contributed by atoms with Crippen molar-refractivity contribution in [2.45, 2.75) is 44.0 Å². The fourth-order valence-electron chi connectivity index (χ4n) is 2.56. The molecule has 0 spiro atoms. The Kier molecular flexibility index (Phi) is 4.15. The highest BCUT2D eigenvalue weighted by Gasteiger charge is 2.31. The fourth-order valence-corrected chi connectivity index (χ4v) is 4.28. The highest BCUT2D eigenvalue weighted by atomic mass is 32.2. The molecular weight excluding hydrogens is 278 g/mol. The monoisotopic (exact) mass is 297 g/mol. The van der Waals surface area contributed by atoms with E-state index in [1.165, 1.54) is 16.4 Å². The first kappa shape index (κ1) is 15.0. The van der Waals surface area contributed by atoms with Crippen LogP contribution in [0.5, 0.6) is 0 Å². The Morgan fingerprint density at radius 2 is 2.05 bits per heavy atom. The maximum atomic E-state index is 12.6. The van der Waals surface area contributed by atoms with Crippen LogP contribution in [0.15, 0.2) is 23.1 Å². The number of aryl methyl sites for hydroxylation is 1. The number of sulfonamides is 1. The smallest absolute Gasteiger partial charge is 0.335 e. The van der Waals surface area contributed by atoms with Crippen molar-refractivity contribution in [1.82, 2.24) is 4.31 Å². The molecule has 0 radical (unpaired) electrons. The van der Waals surface area contributed by atoms with Crippen LogP contribution in [-0.4, -0.2) is 36.4 Å². The lowest BCUT2D eigenvalue weighted by Crippen LogP contribution is -2.41. The third-order valence-electron chi connectivity index (χ3n) is 3.79. The van der Waals surface area contributed by atoms with E-state index >= 15 is 0 Å². The summed E-state index contributed by atoms with van der Waals surface area (Å²) in [4.78, 5) is 11.2. The van der Waals surface area contributed by atoms with E-state index in [1.807, 2.05) is 6.92 Å². The quantitative estimate of drug-likeness (QED) is 0.928. The van der Waals surface area contributed by atoms with Gasteiger partial charge in [-0.1, -0.05) is 12.5 Å². The van der Waals surface area contributed by atoms with Crippen molar-refractivity contribution < 1.29 is 18.3 Å². The standard InChI is InChI=1S/C14H19NO4S/c1-10-6-7-12(9-13(10)14(16)17)20(18,19)15-8-4-3-5-11(15)2/h6-7,9,11H,3-5,8H2,1-2H3,(H,16,17). The van der Waals surface area contributed by atoms with Crippen LogP contribution in [0.4, 0.5) is 0 Å². The summed E-state index contributed by atoms with van der Waals surface area (Å²) in [6.45, 7) is 4.05. The number of hydrogen-bond acceptors (Lipinski definition) is 3. The van der Waals surface area contributed by atoms with Gasteiger partial charge in [0, 0.05) is 12.6 Å². The molecule has 0 bridgehead atoms. The lowest BCUT2D eigenvalue weighted by atomic mass is 10.1. The van der Waals surface area contributed by atoms with Gasteiger partial charge in [0.2, 0.25) is 10.0 Å². The zero-order chi connectivity index (χ0) is 14.9. The van der Waals surface area contributed by atoms with E-state index in [-0.39, 0.29) is 16.5 Å². The van der Waals surface area contributed by atoms with Gasteiger partial charge in [-0.05, 0) is 44.4 Å². The summed E-state index contributed by atoms with van der Waals surface area (Å²) in [6.07, 6.45) is 2.72. The van der Waals surface area contributed by atoms with Crippen molar-refractivity contribution in [1.29, 1.82) is 0 Å². The number of carboxylic acids is 1. The molecule has 1 unspecified atom stereocenters. The van der Waals surface area contributed by atoms with Gasteiger partial charge >= 0.3 is 5.97 Å². The van der Waals surface area contributed by atoms with Crippen LogP contribution >= 0.6 is 0 Å². The summed E-state index contributed by atoms with van der Waals surface area (Å²) in [5.74, 6) is -1.11. The van der Waals surface area contributed by atoms with Gasteiger partial charge in [-0.15, -0.1) is 0 Å². The van der Waals surface area contributed by atoms with Crippen molar-refractivity contribution in [3.05, 3.63) is 29.3 Å². The minimum absolute atomic E-state index is 0.0377. The topological polar surface area (TPSA) is 74.7 Å². The molecule has 0 saturated carbocycles. The van der Waals surface area contributed by atoms with Crippen LogP contribution in [0.3, 0.4) is 0 Å². The maximum absolute atomic E-state index is 12.6. The normalized spacial score (nSPS) is 20.8. The molecule has 1 aliphatic rings. The van der Waals surface area contributed by atoms with E-state index in [4.69, 9.17) is 5.11 Å². The Morgan fingerprint density at radius 1 is 1.35 bits per heavy atom. The number of rotatable bonds is 3. The summed E-state index contributed by atoms with van der Waals surface area (Å²) in [5.41, 5.74) is 0.596. The molecule has 2 rings (SSSR count). The number of hydrogen-bond donors (Lipinski definition) is 1. The molecular formula is C14H19NO4S.